The van der Waals surface area contributed by atoms with Crippen molar-refractivity contribution < 1.29 is 4.42 Å². The number of rotatable bonds is 2. The number of para-hydroxylation sites is 4. The van der Waals surface area contributed by atoms with Crippen molar-refractivity contribution in [2.45, 2.75) is 0 Å². The summed E-state index contributed by atoms with van der Waals surface area (Å²) >= 11 is 0. The number of nitrogens with zero attached hydrogens (tertiary/aromatic N) is 2. The molecule has 0 amide bonds. The molecule has 41 heavy (non-hydrogen) atoms. The van der Waals surface area contributed by atoms with Crippen LogP contribution in [0.1, 0.15) is 0 Å². The molecule has 0 saturated carbocycles. The van der Waals surface area contributed by atoms with Crippen molar-refractivity contribution in [3.8, 4) is 11.4 Å². The third-order valence-corrected chi connectivity index (χ3v) is 8.32. The third kappa shape index (κ3) is 3.07. The minimum absolute atomic E-state index is 0.0243. The van der Waals surface area contributed by atoms with E-state index in [-0.39, 0.29) is 5.43 Å². The first-order chi connectivity index (χ1) is 20.3. The maximum atomic E-state index is 13.7. The van der Waals surface area contributed by atoms with Crippen molar-refractivity contribution in [2.24, 2.45) is 0 Å². The molecule has 0 unspecified atom stereocenters. The summed E-state index contributed by atoms with van der Waals surface area (Å²) in [6.07, 6.45) is 0. The fourth-order valence-electron chi connectivity index (χ4n) is 6.51. The minimum Gasteiger partial charge on any atom is -0.456 e. The van der Waals surface area contributed by atoms with E-state index in [1.165, 1.54) is 21.5 Å². The SMILES string of the molecule is O=c1c2ccc(-n3c4ccccc4c4ccccc43)cc2oc2cc(-n3c4ccccc4c4ccccc43)ccc12. The van der Waals surface area contributed by atoms with E-state index in [9.17, 15) is 4.79 Å². The second-order valence-corrected chi connectivity index (χ2v) is 10.5. The zero-order valence-electron chi connectivity index (χ0n) is 21.9. The highest BCUT2D eigenvalue weighted by Crippen LogP contribution is 2.35. The molecule has 0 radical (unpaired) electrons. The van der Waals surface area contributed by atoms with Gasteiger partial charge in [0.05, 0.1) is 32.8 Å². The van der Waals surface area contributed by atoms with Crippen LogP contribution in [0.4, 0.5) is 0 Å². The first-order valence-corrected chi connectivity index (χ1v) is 13.7. The smallest absolute Gasteiger partial charge is 0.200 e. The van der Waals surface area contributed by atoms with Crippen LogP contribution in [0.5, 0.6) is 0 Å². The summed E-state index contributed by atoms with van der Waals surface area (Å²) in [5.74, 6) is 0. The minimum atomic E-state index is -0.0243. The molecule has 0 bridgehead atoms. The maximum absolute atomic E-state index is 13.7. The number of aromatic nitrogens is 2. The standard InChI is InChI=1S/C37H22N2O2/c40-37-29-19-17-23(38-31-13-5-1-9-25(31)26-10-2-6-14-32(26)38)21-35(29)41-36-22-24(18-20-30(36)37)39-33-15-7-3-11-27(33)28-12-4-8-16-34(28)39/h1-22H. The summed E-state index contributed by atoms with van der Waals surface area (Å²) in [4.78, 5) is 13.7. The Balaban J connectivity index is 1.30. The Morgan fingerprint density at radius 3 is 1.10 bits per heavy atom. The van der Waals surface area contributed by atoms with Crippen molar-refractivity contribution in [2.75, 3.05) is 0 Å². The van der Waals surface area contributed by atoms with Crippen LogP contribution >= 0.6 is 0 Å². The molecule has 0 fully saturated rings. The van der Waals surface area contributed by atoms with Gasteiger partial charge in [0, 0.05) is 45.1 Å². The van der Waals surface area contributed by atoms with E-state index in [2.05, 4.69) is 106 Å². The van der Waals surface area contributed by atoms with Gasteiger partial charge in [0.1, 0.15) is 11.2 Å². The normalized spacial score (nSPS) is 12.0. The molecule has 0 aliphatic rings. The lowest BCUT2D eigenvalue weighted by molar-refractivity contribution is 0.659. The average Bonchev–Trinajstić information content (AvgIpc) is 3.54. The van der Waals surface area contributed by atoms with E-state index in [0.29, 0.717) is 21.9 Å². The fraction of sp³-hybridized carbons (Fsp3) is 0. The highest BCUT2D eigenvalue weighted by Gasteiger charge is 2.16. The fourth-order valence-corrected chi connectivity index (χ4v) is 6.51. The Labute approximate surface area is 233 Å². The van der Waals surface area contributed by atoms with Crippen molar-refractivity contribution in [1.29, 1.82) is 0 Å². The molecule has 192 valence electrons. The molecule has 4 nitrogen and oxygen atoms in total. The quantitative estimate of drug-likeness (QED) is 0.211. The predicted molar refractivity (Wildman–Crippen MR) is 169 cm³/mol. The Kier molecular flexibility index (Phi) is 4.44. The van der Waals surface area contributed by atoms with Crippen molar-refractivity contribution in [3.63, 3.8) is 0 Å². The van der Waals surface area contributed by atoms with Gasteiger partial charge in [0.25, 0.3) is 0 Å². The van der Waals surface area contributed by atoms with Crippen LogP contribution in [0.3, 0.4) is 0 Å². The zero-order valence-corrected chi connectivity index (χ0v) is 21.9. The molecule has 0 aliphatic carbocycles. The molecule has 3 aromatic heterocycles. The van der Waals surface area contributed by atoms with Crippen LogP contribution in [0, 0.1) is 0 Å². The third-order valence-electron chi connectivity index (χ3n) is 8.32. The van der Waals surface area contributed by atoms with Gasteiger partial charge in [0.15, 0.2) is 0 Å². The van der Waals surface area contributed by atoms with Crippen LogP contribution < -0.4 is 5.43 Å². The van der Waals surface area contributed by atoms with Gasteiger partial charge in [-0.1, -0.05) is 72.8 Å². The molecule has 4 heteroatoms. The zero-order chi connectivity index (χ0) is 27.1. The molecule has 0 N–H and O–H groups in total. The van der Waals surface area contributed by atoms with Crippen LogP contribution in [0.25, 0.3) is 76.9 Å². The topological polar surface area (TPSA) is 40.1 Å². The van der Waals surface area contributed by atoms with Crippen LogP contribution in [0.15, 0.2) is 143 Å². The molecule has 0 aliphatic heterocycles. The van der Waals surface area contributed by atoms with Gasteiger partial charge in [-0.25, -0.2) is 0 Å². The second kappa shape index (κ2) is 8.20. The highest BCUT2D eigenvalue weighted by atomic mass is 16.3. The molecule has 9 aromatic rings. The average molecular weight is 527 g/mol. The van der Waals surface area contributed by atoms with E-state index in [4.69, 9.17) is 4.42 Å². The van der Waals surface area contributed by atoms with Crippen LogP contribution in [0.2, 0.25) is 0 Å². The molecule has 0 spiro atoms. The van der Waals surface area contributed by atoms with Gasteiger partial charge in [-0.2, -0.15) is 0 Å². The van der Waals surface area contributed by atoms with Gasteiger partial charge in [0.2, 0.25) is 5.43 Å². The molecule has 0 atom stereocenters. The first-order valence-electron chi connectivity index (χ1n) is 13.7. The van der Waals surface area contributed by atoms with Gasteiger partial charge in [-0.3, -0.25) is 4.79 Å². The maximum Gasteiger partial charge on any atom is 0.200 e. The molecule has 9 rings (SSSR count). The molecule has 6 aromatic carbocycles. The van der Waals surface area contributed by atoms with Crippen molar-refractivity contribution >= 4 is 65.6 Å². The van der Waals surface area contributed by atoms with Crippen LogP contribution in [-0.4, -0.2) is 9.13 Å². The lowest BCUT2D eigenvalue weighted by Gasteiger charge is -2.11. The highest BCUT2D eigenvalue weighted by molar-refractivity contribution is 6.10. The Morgan fingerprint density at radius 2 is 0.732 bits per heavy atom. The van der Waals surface area contributed by atoms with Gasteiger partial charge in [-0.05, 0) is 48.5 Å². The monoisotopic (exact) mass is 526 g/mol. The Morgan fingerprint density at radius 1 is 0.390 bits per heavy atom. The van der Waals surface area contributed by atoms with Gasteiger partial charge < -0.3 is 13.6 Å². The molecule has 0 saturated heterocycles. The lowest BCUT2D eigenvalue weighted by Crippen LogP contribution is -2.04. The predicted octanol–water partition coefficient (Wildman–Crippen LogP) is 9.14. The van der Waals surface area contributed by atoms with Gasteiger partial charge >= 0.3 is 0 Å². The van der Waals surface area contributed by atoms with E-state index < -0.39 is 0 Å². The molecular formula is C37H22N2O2. The number of hydrogen-bond donors (Lipinski definition) is 0. The van der Waals surface area contributed by atoms with E-state index in [1.807, 2.05) is 36.4 Å². The van der Waals surface area contributed by atoms with Crippen molar-refractivity contribution in [1.82, 2.24) is 9.13 Å². The van der Waals surface area contributed by atoms with E-state index in [1.54, 1.807) is 0 Å². The summed E-state index contributed by atoms with van der Waals surface area (Å²) in [7, 11) is 0. The summed E-state index contributed by atoms with van der Waals surface area (Å²) in [5, 5.41) is 5.93. The van der Waals surface area contributed by atoms with Crippen LogP contribution in [-0.2, 0) is 0 Å². The van der Waals surface area contributed by atoms with Gasteiger partial charge in [-0.15, -0.1) is 0 Å². The molecule has 3 heterocycles. The Bertz CT molecular complexity index is 2280. The second-order valence-electron chi connectivity index (χ2n) is 10.5. The van der Waals surface area contributed by atoms with E-state index in [0.717, 1.165) is 33.4 Å². The Hall–Kier alpha value is -5.61. The summed E-state index contributed by atoms with van der Waals surface area (Å²) in [5.41, 5.74) is 7.49. The summed E-state index contributed by atoms with van der Waals surface area (Å²) < 4.78 is 11.0. The largest absolute Gasteiger partial charge is 0.456 e. The van der Waals surface area contributed by atoms with E-state index >= 15 is 0 Å². The number of hydrogen-bond acceptors (Lipinski definition) is 2. The molecular weight excluding hydrogens is 504 g/mol. The summed E-state index contributed by atoms with van der Waals surface area (Å²) in [6.45, 7) is 0. The lowest BCUT2D eigenvalue weighted by atomic mass is 10.1. The number of benzene rings is 6. The first kappa shape index (κ1) is 22.2. The summed E-state index contributed by atoms with van der Waals surface area (Å²) in [6, 6.07) is 45.4. The number of fused-ring (bicyclic) bond motifs is 8. The van der Waals surface area contributed by atoms with Crippen molar-refractivity contribution in [3.05, 3.63) is 144 Å².